The zero-order valence-corrected chi connectivity index (χ0v) is 11.8. The highest BCUT2D eigenvalue weighted by Crippen LogP contribution is 2.15. The molecule has 0 aliphatic carbocycles. The van der Waals surface area contributed by atoms with Crippen LogP contribution in [0.2, 0.25) is 5.02 Å². The molecule has 1 saturated heterocycles. The standard InChI is InChI=1S/C14H17ClN2O2/c1-9(2)17-8-12(7-13(17)18)16-14(19)10-3-5-11(15)6-4-10/h3-6,9,12H,7-8H2,1-2H3,(H,16,19). The fraction of sp³-hybridized carbons (Fsp3) is 0.429. The summed E-state index contributed by atoms with van der Waals surface area (Å²) in [7, 11) is 0. The molecule has 1 unspecified atom stereocenters. The van der Waals surface area contributed by atoms with Gasteiger partial charge in [-0.05, 0) is 38.1 Å². The molecule has 1 aliphatic rings. The van der Waals surface area contributed by atoms with Gasteiger partial charge in [-0.25, -0.2) is 0 Å². The fourth-order valence-corrected chi connectivity index (χ4v) is 2.32. The first-order chi connectivity index (χ1) is 8.97. The van der Waals surface area contributed by atoms with Crippen molar-refractivity contribution in [3.8, 4) is 0 Å². The van der Waals surface area contributed by atoms with Crippen LogP contribution >= 0.6 is 11.6 Å². The number of halogens is 1. The van der Waals surface area contributed by atoms with Gasteiger partial charge < -0.3 is 10.2 Å². The molecule has 4 nitrogen and oxygen atoms in total. The van der Waals surface area contributed by atoms with Gasteiger partial charge in [-0.3, -0.25) is 9.59 Å². The monoisotopic (exact) mass is 280 g/mol. The number of nitrogens with one attached hydrogen (secondary N) is 1. The maximum absolute atomic E-state index is 12.0. The molecule has 0 bridgehead atoms. The molecule has 1 aromatic carbocycles. The first-order valence-electron chi connectivity index (χ1n) is 6.33. The van der Waals surface area contributed by atoms with Crippen LogP contribution in [0.4, 0.5) is 0 Å². The summed E-state index contributed by atoms with van der Waals surface area (Å²) in [6, 6.07) is 6.76. The number of amides is 2. The Morgan fingerprint density at radius 3 is 2.53 bits per heavy atom. The molecule has 1 aliphatic heterocycles. The highest BCUT2D eigenvalue weighted by atomic mass is 35.5. The number of hydrogen-bond donors (Lipinski definition) is 1. The van der Waals surface area contributed by atoms with Gasteiger partial charge >= 0.3 is 0 Å². The molecule has 2 rings (SSSR count). The third kappa shape index (κ3) is 3.26. The van der Waals surface area contributed by atoms with Crippen molar-refractivity contribution in [2.45, 2.75) is 32.4 Å². The Morgan fingerprint density at radius 1 is 1.37 bits per heavy atom. The molecule has 19 heavy (non-hydrogen) atoms. The molecule has 102 valence electrons. The molecule has 1 heterocycles. The summed E-state index contributed by atoms with van der Waals surface area (Å²) in [6.45, 7) is 4.53. The van der Waals surface area contributed by atoms with E-state index in [0.717, 1.165) is 0 Å². The van der Waals surface area contributed by atoms with E-state index in [1.165, 1.54) is 0 Å². The number of nitrogens with zero attached hydrogens (tertiary/aromatic N) is 1. The molecule has 1 aromatic rings. The van der Waals surface area contributed by atoms with Crippen LogP contribution in [0.3, 0.4) is 0 Å². The van der Waals surface area contributed by atoms with Crippen LogP contribution in [0.15, 0.2) is 24.3 Å². The van der Waals surface area contributed by atoms with Crippen LogP contribution < -0.4 is 5.32 Å². The Balaban J connectivity index is 1.97. The third-order valence-corrected chi connectivity index (χ3v) is 3.48. The van der Waals surface area contributed by atoms with Crippen LogP contribution in [0.25, 0.3) is 0 Å². The summed E-state index contributed by atoms with van der Waals surface area (Å²) < 4.78 is 0. The maximum atomic E-state index is 12.0. The predicted molar refractivity (Wildman–Crippen MR) is 74.2 cm³/mol. The van der Waals surface area contributed by atoms with Crippen molar-refractivity contribution < 1.29 is 9.59 Å². The average molecular weight is 281 g/mol. The Labute approximate surface area is 117 Å². The maximum Gasteiger partial charge on any atom is 0.251 e. The van der Waals surface area contributed by atoms with E-state index >= 15 is 0 Å². The van der Waals surface area contributed by atoms with Gasteiger partial charge in [0.1, 0.15) is 0 Å². The smallest absolute Gasteiger partial charge is 0.251 e. The van der Waals surface area contributed by atoms with Crippen molar-refractivity contribution in [1.82, 2.24) is 10.2 Å². The van der Waals surface area contributed by atoms with E-state index in [-0.39, 0.29) is 23.9 Å². The van der Waals surface area contributed by atoms with Gasteiger partial charge in [0.2, 0.25) is 5.91 Å². The van der Waals surface area contributed by atoms with Crippen LogP contribution in [0.1, 0.15) is 30.6 Å². The Kier molecular flexibility index (Phi) is 4.10. The molecule has 5 heteroatoms. The summed E-state index contributed by atoms with van der Waals surface area (Å²) in [5.41, 5.74) is 0.555. The normalized spacial score (nSPS) is 19.1. The first kappa shape index (κ1) is 13.9. The van der Waals surface area contributed by atoms with E-state index in [2.05, 4.69) is 5.32 Å². The molecule has 2 amide bonds. The zero-order valence-electron chi connectivity index (χ0n) is 11.0. The topological polar surface area (TPSA) is 49.4 Å². The van der Waals surface area contributed by atoms with Crippen LogP contribution in [-0.2, 0) is 4.79 Å². The Hall–Kier alpha value is -1.55. The number of rotatable bonds is 3. The van der Waals surface area contributed by atoms with Crippen molar-refractivity contribution in [1.29, 1.82) is 0 Å². The van der Waals surface area contributed by atoms with Crippen LogP contribution in [-0.4, -0.2) is 35.3 Å². The molecule has 1 fully saturated rings. The Bertz CT molecular complexity index is 485. The minimum atomic E-state index is -0.167. The molecule has 0 saturated carbocycles. The van der Waals surface area contributed by atoms with Crippen LogP contribution in [0.5, 0.6) is 0 Å². The van der Waals surface area contributed by atoms with E-state index in [9.17, 15) is 9.59 Å². The molecular formula is C14H17ClN2O2. The third-order valence-electron chi connectivity index (χ3n) is 3.22. The van der Waals surface area contributed by atoms with Gasteiger partial charge in [-0.1, -0.05) is 11.6 Å². The Morgan fingerprint density at radius 2 is 2.00 bits per heavy atom. The molecule has 0 aromatic heterocycles. The van der Waals surface area contributed by atoms with Gasteiger partial charge in [0.05, 0.1) is 6.04 Å². The predicted octanol–water partition coefficient (Wildman–Crippen LogP) is 2.08. The van der Waals surface area contributed by atoms with Crippen molar-refractivity contribution in [2.24, 2.45) is 0 Å². The lowest BCUT2D eigenvalue weighted by Crippen LogP contribution is -2.38. The van der Waals surface area contributed by atoms with Gasteiger partial charge in [-0.2, -0.15) is 0 Å². The lowest BCUT2D eigenvalue weighted by molar-refractivity contribution is -0.129. The largest absolute Gasteiger partial charge is 0.347 e. The highest BCUT2D eigenvalue weighted by molar-refractivity contribution is 6.30. The second-order valence-corrected chi connectivity index (χ2v) is 5.46. The van der Waals surface area contributed by atoms with Gasteiger partial charge in [-0.15, -0.1) is 0 Å². The van der Waals surface area contributed by atoms with Crippen molar-refractivity contribution >= 4 is 23.4 Å². The zero-order chi connectivity index (χ0) is 14.0. The summed E-state index contributed by atoms with van der Waals surface area (Å²) in [5.74, 6) is -0.0727. The summed E-state index contributed by atoms with van der Waals surface area (Å²) >= 11 is 5.78. The molecule has 0 spiro atoms. The average Bonchev–Trinajstić information content (AvgIpc) is 2.71. The van der Waals surface area contributed by atoms with E-state index in [4.69, 9.17) is 11.6 Å². The highest BCUT2D eigenvalue weighted by Gasteiger charge is 2.31. The van der Waals surface area contributed by atoms with Crippen LogP contribution in [0, 0.1) is 0 Å². The minimum Gasteiger partial charge on any atom is -0.347 e. The second kappa shape index (κ2) is 5.61. The summed E-state index contributed by atoms with van der Waals surface area (Å²) in [6.07, 6.45) is 0.373. The van der Waals surface area contributed by atoms with Crippen molar-refractivity contribution in [3.63, 3.8) is 0 Å². The van der Waals surface area contributed by atoms with E-state index in [1.807, 2.05) is 13.8 Å². The SMILES string of the molecule is CC(C)N1CC(NC(=O)c2ccc(Cl)cc2)CC1=O. The van der Waals surface area contributed by atoms with Gasteiger partial charge in [0, 0.05) is 29.6 Å². The first-order valence-corrected chi connectivity index (χ1v) is 6.71. The number of carbonyl (C=O) groups is 2. The van der Waals surface area contributed by atoms with E-state index in [0.29, 0.717) is 23.6 Å². The van der Waals surface area contributed by atoms with E-state index in [1.54, 1.807) is 29.2 Å². The summed E-state index contributed by atoms with van der Waals surface area (Å²) in [5, 5.41) is 3.48. The molecule has 1 N–H and O–H groups in total. The quantitative estimate of drug-likeness (QED) is 0.922. The van der Waals surface area contributed by atoms with Crippen molar-refractivity contribution in [2.75, 3.05) is 6.54 Å². The van der Waals surface area contributed by atoms with Gasteiger partial charge in [0.15, 0.2) is 0 Å². The van der Waals surface area contributed by atoms with Gasteiger partial charge in [0.25, 0.3) is 5.91 Å². The van der Waals surface area contributed by atoms with E-state index < -0.39 is 0 Å². The number of benzene rings is 1. The van der Waals surface area contributed by atoms with Crippen molar-refractivity contribution in [3.05, 3.63) is 34.9 Å². The number of carbonyl (C=O) groups excluding carboxylic acids is 2. The fourth-order valence-electron chi connectivity index (χ4n) is 2.20. The lowest BCUT2D eigenvalue weighted by Gasteiger charge is -2.21. The lowest BCUT2D eigenvalue weighted by atomic mass is 10.2. The number of hydrogen-bond acceptors (Lipinski definition) is 2. The molecule has 1 atom stereocenters. The summed E-state index contributed by atoms with van der Waals surface area (Å²) in [4.78, 5) is 25.5. The number of likely N-dealkylation sites (tertiary alicyclic amines) is 1. The molecule has 0 radical (unpaired) electrons. The minimum absolute atomic E-state index is 0.0939. The molecular weight excluding hydrogens is 264 g/mol. The second-order valence-electron chi connectivity index (χ2n) is 5.02.